The van der Waals surface area contributed by atoms with Crippen LogP contribution in [0.5, 0.6) is 0 Å². The molecule has 2 heterocycles. The van der Waals surface area contributed by atoms with Crippen molar-refractivity contribution in [3.63, 3.8) is 0 Å². The number of benzene rings is 1. The van der Waals surface area contributed by atoms with Crippen LogP contribution >= 0.6 is 11.3 Å². The summed E-state index contributed by atoms with van der Waals surface area (Å²) in [6.07, 6.45) is 6.78. The molecule has 0 radical (unpaired) electrons. The van der Waals surface area contributed by atoms with Gasteiger partial charge < -0.3 is 9.32 Å². The van der Waals surface area contributed by atoms with Gasteiger partial charge in [0.1, 0.15) is 0 Å². The fourth-order valence-electron chi connectivity index (χ4n) is 2.24. The maximum atomic E-state index is 12.6. The Labute approximate surface area is 139 Å². The van der Waals surface area contributed by atoms with Crippen LogP contribution in [-0.2, 0) is 17.9 Å². The molecule has 0 saturated carbocycles. The average molecular weight is 323 g/mol. The summed E-state index contributed by atoms with van der Waals surface area (Å²) >= 11 is 1.65. The van der Waals surface area contributed by atoms with E-state index < -0.39 is 0 Å². The predicted octanol–water partition coefficient (Wildman–Crippen LogP) is 4.58. The zero-order chi connectivity index (χ0) is 15.9. The molecule has 3 nitrogen and oxygen atoms in total. The van der Waals surface area contributed by atoms with Gasteiger partial charge in [-0.2, -0.15) is 0 Å². The minimum Gasteiger partial charge on any atom is -0.472 e. The lowest BCUT2D eigenvalue weighted by Crippen LogP contribution is -2.27. The molecule has 0 aliphatic carbocycles. The van der Waals surface area contributed by atoms with E-state index in [4.69, 9.17) is 4.42 Å². The van der Waals surface area contributed by atoms with Gasteiger partial charge in [-0.15, -0.1) is 11.3 Å². The Bertz CT molecular complexity index is 710. The number of nitrogens with zero attached hydrogens (tertiary/aromatic N) is 1. The van der Waals surface area contributed by atoms with E-state index in [-0.39, 0.29) is 5.91 Å². The molecule has 116 valence electrons. The van der Waals surface area contributed by atoms with Gasteiger partial charge in [0, 0.05) is 23.1 Å². The summed E-state index contributed by atoms with van der Waals surface area (Å²) in [7, 11) is 0. The molecule has 0 fully saturated rings. The number of hydrogen-bond donors (Lipinski definition) is 0. The third-order valence-electron chi connectivity index (χ3n) is 3.41. The van der Waals surface area contributed by atoms with Crippen LogP contribution in [-0.4, -0.2) is 10.8 Å². The molecular weight excluding hydrogens is 306 g/mol. The van der Waals surface area contributed by atoms with Crippen molar-refractivity contribution in [1.82, 2.24) is 4.90 Å². The van der Waals surface area contributed by atoms with Crippen molar-refractivity contribution >= 4 is 23.3 Å². The Balaban J connectivity index is 1.73. The molecule has 4 heteroatoms. The second-order valence-corrected chi connectivity index (χ2v) is 6.18. The van der Waals surface area contributed by atoms with E-state index in [1.165, 1.54) is 0 Å². The highest BCUT2D eigenvalue weighted by Crippen LogP contribution is 2.15. The molecule has 0 aliphatic rings. The first-order chi connectivity index (χ1) is 11.3. The summed E-state index contributed by atoms with van der Waals surface area (Å²) in [5.41, 5.74) is 2.00. The molecular formula is C19H17NO2S. The number of furan rings is 1. The molecule has 0 spiro atoms. The first-order valence-corrected chi connectivity index (χ1v) is 8.25. The SMILES string of the molecule is O=C(/C=C/c1ccccc1)N(Cc1ccoc1)Cc1cccs1. The molecule has 0 atom stereocenters. The van der Waals surface area contributed by atoms with E-state index in [1.807, 2.05) is 64.9 Å². The molecule has 1 aromatic carbocycles. The average Bonchev–Trinajstić information content (AvgIpc) is 3.27. The Kier molecular flexibility index (Phi) is 5.06. The second-order valence-electron chi connectivity index (χ2n) is 5.15. The van der Waals surface area contributed by atoms with Crippen LogP contribution in [0.15, 0.2) is 76.9 Å². The summed E-state index contributed by atoms with van der Waals surface area (Å²) < 4.78 is 5.11. The van der Waals surface area contributed by atoms with Gasteiger partial charge in [0.2, 0.25) is 5.91 Å². The van der Waals surface area contributed by atoms with Crippen molar-refractivity contribution in [2.75, 3.05) is 0 Å². The van der Waals surface area contributed by atoms with Crippen molar-refractivity contribution in [3.05, 3.63) is 88.5 Å². The van der Waals surface area contributed by atoms with Gasteiger partial charge in [0.25, 0.3) is 0 Å². The van der Waals surface area contributed by atoms with Crippen molar-refractivity contribution in [3.8, 4) is 0 Å². The van der Waals surface area contributed by atoms with Crippen molar-refractivity contribution < 1.29 is 9.21 Å². The molecule has 0 N–H and O–H groups in total. The number of carbonyl (C=O) groups is 1. The van der Waals surface area contributed by atoms with Crippen LogP contribution in [0, 0.1) is 0 Å². The molecule has 0 saturated heterocycles. The minimum absolute atomic E-state index is 0.0107. The van der Waals surface area contributed by atoms with Gasteiger partial charge in [0.15, 0.2) is 0 Å². The van der Waals surface area contributed by atoms with Gasteiger partial charge in [-0.3, -0.25) is 4.79 Å². The Hall–Kier alpha value is -2.59. The van der Waals surface area contributed by atoms with Crippen LogP contribution in [0.1, 0.15) is 16.0 Å². The lowest BCUT2D eigenvalue weighted by atomic mass is 10.2. The van der Waals surface area contributed by atoms with Crippen molar-refractivity contribution in [2.45, 2.75) is 13.1 Å². The predicted molar refractivity (Wildman–Crippen MR) is 92.8 cm³/mol. The zero-order valence-corrected chi connectivity index (χ0v) is 13.4. The van der Waals surface area contributed by atoms with Gasteiger partial charge in [-0.25, -0.2) is 0 Å². The smallest absolute Gasteiger partial charge is 0.247 e. The second kappa shape index (κ2) is 7.61. The molecule has 2 aromatic heterocycles. The first-order valence-electron chi connectivity index (χ1n) is 7.37. The third kappa shape index (κ3) is 4.44. The first kappa shape index (κ1) is 15.3. The largest absolute Gasteiger partial charge is 0.472 e. The standard InChI is InChI=1S/C19H17NO2S/c21-19(9-8-16-5-2-1-3-6-16)20(13-17-10-11-22-15-17)14-18-7-4-12-23-18/h1-12,15H,13-14H2/b9-8+. The molecule has 0 unspecified atom stereocenters. The zero-order valence-electron chi connectivity index (χ0n) is 12.6. The number of thiophene rings is 1. The van der Waals surface area contributed by atoms with E-state index in [0.29, 0.717) is 13.1 Å². The maximum absolute atomic E-state index is 12.6. The van der Waals surface area contributed by atoms with E-state index in [0.717, 1.165) is 16.0 Å². The lowest BCUT2D eigenvalue weighted by molar-refractivity contribution is -0.127. The van der Waals surface area contributed by atoms with Crippen molar-refractivity contribution in [2.24, 2.45) is 0 Å². The fourth-order valence-corrected chi connectivity index (χ4v) is 2.96. The third-order valence-corrected chi connectivity index (χ3v) is 4.27. The summed E-state index contributed by atoms with van der Waals surface area (Å²) in [4.78, 5) is 15.6. The van der Waals surface area contributed by atoms with E-state index >= 15 is 0 Å². The molecule has 23 heavy (non-hydrogen) atoms. The number of carbonyl (C=O) groups excluding carboxylic acids is 1. The number of amides is 1. The van der Waals surface area contributed by atoms with Crippen LogP contribution in [0.3, 0.4) is 0 Å². The summed E-state index contributed by atoms with van der Waals surface area (Å²) in [5.74, 6) is -0.0107. The van der Waals surface area contributed by atoms with E-state index in [1.54, 1.807) is 29.9 Å². The van der Waals surface area contributed by atoms with Crippen LogP contribution < -0.4 is 0 Å². The van der Waals surface area contributed by atoms with E-state index in [9.17, 15) is 4.79 Å². The molecule has 3 rings (SSSR count). The normalized spacial score (nSPS) is 11.0. The van der Waals surface area contributed by atoms with E-state index in [2.05, 4.69) is 0 Å². The van der Waals surface area contributed by atoms with Crippen LogP contribution in [0.2, 0.25) is 0 Å². The Morgan fingerprint density at radius 3 is 2.65 bits per heavy atom. The monoisotopic (exact) mass is 323 g/mol. The van der Waals surface area contributed by atoms with Gasteiger partial charge in [-0.05, 0) is 29.2 Å². The maximum Gasteiger partial charge on any atom is 0.247 e. The topological polar surface area (TPSA) is 33.5 Å². The Morgan fingerprint density at radius 2 is 1.96 bits per heavy atom. The highest BCUT2D eigenvalue weighted by atomic mass is 32.1. The molecule has 1 amide bonds. The highest BCUT2D eigenvalue weighted by molar-refractivity contribution is 7.09. The van der Waals surface area contributed by atoms with Gasteiger partial charge in [-0.1, -0.05) is 36.4 Å². The molecule has 0 bridgehead atoms. The quantitative estimate of drug-likeness (QED) is 0.622. The lowest BCUT2D eigenvalue weighted by Gasteiger charge is -2.19. The van der Waals surface area contributed by atoms with Crippen LogP contribution in [0.4, 0.5) is 0 Å². The minimum atomic E-state index is -0.0107. The fraction of sp³-hybridized carbons (Fsp3) is 0.105. The summed E-state index contributed by atoms with van der Waals surface area (Å²) in [6, 6.07) is 15.8. The van der Waals surface area contributed by atoms with Gasteiger partial charge >= 0.3 is 0 Å². The summed E-state index contributed by atoms with van der Waals surface area (Å²) in [5, 5.41) is 2.02. The van der Waals surface area contributed by atoms with Gasteiger partial charge in [0.05, 0.1) is 19.1 Å². The summed E-state index contributed by atoms with van der Waals surface area (Å²) in [6.45, 7) is 1.13. The number of hydrogen-bond acceptors (Lipinski definition) is 3. The Morgan fingerprint density at radius 1 is 1.09 bits per heavy atom. The van der Waals surface area contributed by atoms with Crippen LogP contribution in [0.25, 0.3) is 6.08 Å². The van der Waals surface area contributed by atoms with Crippen molar-refractivity contribution in [1.29, 1.82) is 0 Å². The number of rotatable bonds is 6. The molecule has 0 aliphatic heterocycles. The highest BCUT2D eigenvalue weighted by Gasteiger charge is 2.13. The molecule has 3 aromatic rings.